The van der Waals surface area contributed by atoms with Gasteiger partial charge in [-0.25, -0.2) is 13.2 Å². The van der Waals surface area contributed by atoms with Gasteiger partial charge in [-0.3, -0.25) is 0 Å². The number of carbonyl (C=O) groups is 1. The predicted molar refractivity (Wildman–Crippen MR) is 121 cm³/mol. The number of aliphatic hydroxyl groups is 1. The minimum atomic E-state index is -4.52. The lowest BCUT2D eigenvalue weighted by Gasteiger charge is -2.13. The van der Waals surface area contributed by atoms with Crippen LogP contribution in [0.15, 0.2) is 30.3 Å². The number of benzene rings is 1. The van der Waals surface area contributed by atoms with Crippen molar-refractivity contribution >= 4 is 5.78 Å². The van der Waals surface area contributed by atoms with Crippen LogP contribution in [-0.2, 0) is 4.79 Å². The monoisotopic (exact) mass is 552 g/mol. The van der Waals surface area contributed by atoms with Crippen molar-refractivity contribution in [2.75, 3.05) is 13.2 Å². The lowest BCUT2D eigenvalue weighted by atomic mass is 10.2. The lowest BCUT2D eigenvalue weighted by molar-refractivity contribution is -0.154. The van der Waals surface area contributed by atoms with Crippen molar-refractivity contribution in [3.8, 4) is 11.8 Å². The fourth-order valence-corrected chi connectivity index (χ4v) is 1.55. The first-order chi connectivity index (χ1) is 16.8. The van der Waals surface area contributed by atoms with E-state index < -0.39 is 31.9 Å². The van der Waals surface area contributed by atoms with Crippen LogP contribution in [0.2, 0.25) is 0 Å². The molecule has 0 aliphatic rings. The van der Waals surface area contributed by atoms with Gasteiger partial charge in [0.15, 0.2) is 13.2 Å². The number of aryl methyl sites for hydroxylation is 2. The topological polar surface area (TPSA) is 81.5 Å². The summed E-state index contributed by atoms with van der Waals surface area (Å²) >= 11 is 0. The summed E-state index contributed by atoms with van der Waals surface area (Å²) in [5.41, 5.74) is 1.09. The number of alkyl halides is 7. The summed E-state index contributed by atoms with van der Waals surface area (Å²) in [6.45, 7) is 5.36. The van der Waals surface area contributed by atoms with Crippen molar-refractivity contribution in [1.82, 2.24) is 9.97 Å². The van der Waals surface area contributed by atoms with Crippen LogP contribution in [0.25, 0.3) is 0 Å². The van der Waals surface area contributed by atoms with E-state index in [0.29, 0.717) is 6.92 Å². The molecule has 214 valence electrons. The van der Waals surface area contributed by atoms with Gasteiger partial charge in [-0.15, -0.1) is 0 Å². The van der Waals surface area contributed by atoms with Gasteiger partial charge < -0.3 is 19.4 Å². The van der Waals surface area contributed by atoms with Crippen molar-refractivity contribution < 1.29 is 54.5 Å². The number of carbonyl (C=O) groups excluding carboxylic acids is 1. The highest BCUT2D eigenvalue weighted by Crippen LogP contribution is 2.21. The number of Topliss-reactive ketones (excluding diaryl/α,β-unsaturated/α-hetero) is 1. The molecule has 0 atom stereocenters. The molecule has 2 aromatic rings. The van der Waals surface area contributed by atoms with E-state index in [0.717, 1.165) is 11.6 Å². The lowest BCUT2D eigenvalue weighted by Crippen LogP contribution is -2.22. The third-order valence-electron chi connectivity index (χ3n) is 2.66. The molecule has 1 aromatic heterocycles. The van der Waals surface area contributed by atoms with Crippen LogP contribution in [0, 0.1) is 19.7 Å². The van der Waals surface area contributed by atoms with Gasteiger partial charge in [-0.2, -0.15) is 31.9 Å². The molecule has 14 heteroatoms. The SMILES string of the molecule is CC.CC(C)=O.Cc1ccc(F)cc1.Cc1nc(OCC(C)(F)F)cc(OCC(F)(F)F)n1.OC(F)F. The summed E-state index contributed by atoms with van der Waals surface area (Å²) in [6.07, 6.45) is -4.52. The molecule has 0 radical (unpaired) electrons. The van der Waals surface area contributed by atoms with Crippen molar-refractivity contribution in [2.24, 2.45) is 0 Å². The molecular formula is C23H32F8N2O4. The first kappa shape index (κ1) is 38.5. The minimum Gasteiger partial charge on any atom is -0.471 e. The Morgan fingerprint density at radius 1 is 0.919 bits per heavy atom. The maximum Gasteiger partial charge on any atom is 0.422 e. The predicted octanol–water partition coefficient (Wildman–Crippen LogP) is 6.72. The van der Waals surface area contributed by atoms with Gasteiger partial charge in [0.05, 0.1) is 6.07 Å². The molecule has 1 heterocycles. The highest BCUT2D eigenvalue weighted by Gasteiger charge is 2.29. The number of nitrogens with zero attached hydrogens (tertiary/aromatic N) is 2. The Hall–Kier alpha value is -3.03. The molecule has 0 spiro atoms. The van der Waals surface area contributed by atoms with E-state index in [1.807, 2.05) is 20.8 Å². The van der Waals surface area contributed by atoms with E-state index in [1.165, 1.54) is 32.9 Å². The number of rotatable bonds is 5. The normalized spacial score (nSPS) is 10.2. The average Bonchev–Trinajstić information content (AvgIpc) is 2.73. The third-order valence-corrected chi connectivity index (χ3v) is 2.66. The Morgan fingerprint density at radius 2 is 1.27 bits per heavy atom. The molecule has 37 heavy (non-hydrogen) atoms. The van der Waals surface area contributed by atoms with Gasteiger partial charge in [0.2, 0.25) is 11.8 Å². The first-order valence-corrected chi connectivity index (χ1v) is 10.5. The maximum atomic E-state index is 12.6. The Labute approximate surface area is 210 Å². The Bertz CT molecular complexity index is 795. The molecule has 2 rings (SSSR count). The average molecular weight is 553 g/mol. The molecule has 0 unspecified atom stereocenters. The largest absolute Gasteiger partial charge is 0.471 e. The van der Waals surface area contributed by atoms with Crippen LogP contribution in [0.1, 0.15) is 46.0 Å². The zero-order valence-electron chi connectivity index (χ0n) is 21.5. The molecule has 0 aliphatic heterocycles. The second kappa shape index (κ2) is 20.1. The summed E-state index contributed by atoms with van der Waals surface area (Å²) in [4.78, 5) is 16.7. The highest BCUT2D eigenvalue weighted by molar-refractivity contribution is 5.72. The van der Waals surface area contributed by atoms with Crippen molar-refractivity contribution in [2.45, 2.75) is 67.2 Å². The number of aliphatic hydroxyl groups excluding tert-OH is 1. The van der Waals surface area contributed by atoms with Gasteiger partial charge in [0, 0.05) is 6.92 Å². The second-order valence-electron chi connectivity index (χ2n) is 6.84. The van der Waals surface area contributed by atoms with Crippen molar-refractivity contribution in [3.05, 3.63) is 47.5 Å². The van der Waals surface area contributed by atoms with Crippen LogP contribution >= 0.6 is 0 Å². The quantitative estimate of drug-likeness (QED) is 0.415. The number of halogens is 8. The van der Waals surface area contributed by atoms with E-state index in [1.54, 1.807) is 12.1 Å². The molecule has 1 aromatic carbocycles. The van der Waals surface area contributed by atoms with Gasteiger partial charge in [-0.05, 0) is 39.8 Å². The minimum absolute atomic E-state index is 0.0501. The van der Waals surface area contributed by atoms with Gasteiger partial charge in [0.25, 0.3) is 5.92 Å². The molecule has 0 fully saturated rings. The smallest absolute Gasteiger partial charge is 0.422 e. The van der Waals surface area contributed by atoms with E-state index in [2.05, 4.69) is 19.4 Å². The molecule has 0 saturated heterocycles. The second-order valence-corrected chi connectivity index (χ2v) is 6.84. The Balaban J connectivity index is -0.000000524. The molecule has 0 bridgehead atoms. The molecular weight excluding hydrogens is 520 g/mol. The summed E-state index contributed by atoms with van der Waals surface area (Å²) < 4.78 is 102. The van der Waals surface area contributed by atoms with E-state index in [9.17, 15) is 39.9 Å². The van der Waals surface area contributed by atoms with Gasteiger partial charge in [0.1, 0.15) is 17.4 Å². The van der Waals surface area contributed by atoms with E-state index in [4.69, 9.17) is 5.11 Å². The zero-order chi connectivity index (χ0) is 29.8. The number of ether oxygens (including phenoxy) is 2. The van der Waals surface area contributed by atoms with E-state index in [-0.39, 0.29) is 29.2 Å². The number of hydrogen-bond acceptors (Lipinski definition) is 6. The van der Waals surface area contributed by atoms with Gasteiger partial charge in [-0.1, -0.05) is 31.5 Å². The Morgan fingerprint density at radius 3 is 1.57 bits per heavy atom. The molecule has 0 saturated carbocycles. The zero-order valence-corrected chi connectivity index (χ0v) is 21.5. The van der Waals surface area contributed by atoms with Crippen LogP contribution in [0.5, 0.6) is 11.8 Å². The fourth-order valence-electron chi connectivity index (χ4n) is 1.55. The number of hydrogen-bond donors (Lipinski definition) is 1. The van der Waals surface area contributed by atoms with Gasteiger partial charge >= 0.3 is 12.8 Å². The van der Waals surface area contributed by atoms with Crippen LogP contribution in [0.4, 0.5) is 35.1 Å². The molecule has 1 N–H and O–H groups in total. The molecule has 0 amide bonds. The van der Waals surface area contributed by atoms with Crippen LogP contribution in [-0.4, -0.2) is 52.8 Å². The summed E-state index contributed by atoms with van der Waals surface area (Å²) in [7, 11) is 0. The molecule has 0 aliphatic carbocycles. The highest BCUT2D eigenvalue weighted by atomic mass is 19.4. The number of aromatic nitrogens is 2. The van der Waals surface area contributed by atoms with E-state index >= 15 is 0 Å². The van der Waals surface area contributed by atoms with Crippen molar-refractivity contribution in [1.29, 1.82) is 0 Å². The fraction of sp³-hybridized carbons (Fsp3) is 0.522. The first-order valence-electron chi connectivity index (χ1n) is 10.5. The van der Waals surface area contributed by atoms with Crippen molar-refractivity contribution in [3.63, 3.8) is 0 Å². The van der Waals surface area contributed by atoms with Crippen LogP contribution in [0.3, 0.4) is 0 Å². The summed E-state index contributed by atoms with van der Waals surface area (Å²) in [6, 6.07) is 7.32. The number of ketones is 1. The van der Waals surface area contributed by atoms with Crippen LogP contribution < -0.4 is 9.47 Å². The third kappa shape index (κ3) is 33.0. The maximum absolute atomic E-state index is 12.6. The standard InChI is InChI=1S/C10H11F5N2O2.C7H7F.C3H6O.C2H6.CH2F2O/c1-6-16-7(18-4-9(2,11)12)3-8(17-6)19-5-10(13,14)15;1-6-2-4-7(8)5-3-6;1-3(2)4;1-2;2-1(3)4/h3H,4-5H2,1-2H3;2-5H,1H3;1-2H3;1-2H3;1,4H. The summed E-state index contributed by atoms with van der Waals surface area (Å²) in [5.74, 6) is -3.69. The summed E-state index contributed by atoms with van der Waals surface area (Å²) in [5, 5.41) is 6.72. The Kier molecular flexibility index (Phi) is 20.9. The molecule has 6 nitrogen and oxygen atoms in total.